The second-order valence-electron chi connectivity index (χ2n) is 6.37. The Morgan fingerprint density at radius 2 is 1.86 bits per heavy atom. The van der Waals surface area contributed by atoms with E-state index in [4.69, 9.17) is 0 Å². The fourth-order valence-electron chi connectivity index (χ4n) is 3.48. The van der Waals surface area contributed by atoms with Crippen molar-refractivity contribution in [2.75, 3.05) is 32.7 Å². The van der Waals surface area contributed by atoms with Crippen molar-refractivity contribution in [1.82, 2.24) is 9.80 Å². The molecule has 2 aliphatic heterocycles. The fourth-order valence-corrected chi connectivity index (χ4v) is 4.05. The number of benzene rings is 1. The number of rotatable bonds is 3. The van der Waals surface area contributed by atoms with Gasteiger partial charge in [-0.2, -0.15) is 0 Å². The van der Waals surface area contributed by atoms with Crippen LogP contribution in [0.15, 0.2) is 18.2 Å². The Labute approximate surface area is 145 Å². The number of likely N-dealkylation sites (tertiary alicyclic amines) is 2. The van der Waals surface area contributed by atoms with Gasteiger partial charge in [-0.05, 0) is 85.5 Å². The maximum atomic E-state index is 13.4. The molecule has 0 radical (unpaired) electrons. The van der Waals surface area contributed by atoms with Crippen molar-refractivity contribution in [3.8, 4) is 0 Å². The van der Waals surface area contributed by atoms with Crippen molar-refractivity contribution in [3.05, 3.63) is 33.1 Å². The van der Waals surface area contributed by atoms with E-state index in [9.17, 15) is 9.18 Å². The van der Waals surface area contributed by atoms with Crippen LogP contribution in [0.3, 0.4) is 0 Å². The number of carbonyl (C=O) groups is 1. The summed E-state index contributed by atoms with van der Waals surface area (Å²) in [6.45, 7) is 5.24. The van der Waals surface area contributed by atoms with E-state index < -0.39 is 0 Å². The fraction of sp³-hybridized carbons (Fsp3) is 0.588. The maximum absolute atomic E-state index is 13.4. The standard InChI is InChI=1S/C17H22FIN2O/c18-14-3-4-16(19)15(11-14)17(22)21-9-5-13(6-10-21)12-20-7-1-2-8-20/h3-4,11,13H,1-2,5-10,12H2. The molecule has 2 heterocycles. The molecule has 0 aromatic heterocycles. The summed E-state index contributed by atoms with van der Waals surface area (Å²) >= 11 is 2.10. The number of nitrogens with zero attached hydrogens (tertiary/aromatic N) is 2. The first-order valence-electron chi connectivity index (χ1n) is 8.10. The van der Waals surface area contributed by atoms with E-state index >= 15 is 0 Å². The average molecular weight is 416 g/mol. The van der Waals surface area contributed by atoms with Crippen molar-refractivity contribution in [3.63, 3.8) is 0 Å². The van der Waals surface area contributed by atoms with Crippen molar-refractivity contribution < 1.29 is 9.18 Å². The number of hydrogen-bond acceptors (Lipinski definition) is 2. The van der Waals surface area contributed by atoms with E-state index in [1.54, 1.807) is 6.07 Å². The molecule has 2 aliphatic rings. The molecule has 0 bridgehead atoms. The molecular weight excluding hydrogens is 394 g/mol. The molecule has 5 heteroatoms. The van der Waals surface area contributed by atoms with Gasteiger partial charge in [0.1, 0.15) is 5.82 Å². The molecule has 22 heavy (non-hydrogen) atoms. The van der Waals surface area contributed by atoms with Gasteiger partial charge in [-0.1, -0.05) is 0 Å². The highest BCUT2D eigenvalue weighted by Gasteiger charge is 2.26. The van der Waals surface area contributed by atoms with Gasteiger partial charge in [0.05, 0.1) is 5.56 Å². The molecule has 0 spiro atoms. The van der Waals surface area contributed by atoms with Gasteiger partial charge in [0.15, 0.2) is 0 Å². The molecule has 0 saturated carbocycles. The molecular formula is C17H22FIN2O. The average Bonchev–Trinajstić information content (AvgIpc) is 3.03. The summed E-state index contributed by atoms with van der Waals surface area (Å²) < 4.78 is 14.2. The maximum Gasteiger partial charge on any atom is 0.255 e. The first kappa shape index (κ1) is 16.2. The number of halogens is 2. The highest BCUT2D eigenvalue weighted by molar-refractivity contribution is 14.1. The minimum absolute atomic E-state index is 0.0245. The van der Waals surface area contributed by atoms with Crippen LogP contribution in [-0.4, -0.2) is 48.4 Å². The summed E-state index contributed by atoms with van der Waals surface area (Å²) in [7, 11) is 0. The number of amides is 1. The van der Waals surface area contributed by atoms with E-state index in [2.05, 4.69) is 27.5 Å². The van der Waals surface area contributed by atoms with Gasteiger partial charge in [-0.15, -0.1) is 0 Å². The van der Waals surface area contributed by atoms with E-state index in [1.807, 2.05) is 4.90 Å². The predicted molar refractivity (Wildman–Crippen MR) is 93.4 cm³/mol. The van der Waals surface area contributed by atoms with Crippen LogP contribution in [0.5, 0.6) is 0 Å². The Kier molecular flexibility index (Phi) is 5.33. The van der Waals surface area contributed by atoms with Gasteiger partial charge in [0, 0.05) is 23.2 Å². The van der Waals surface area contributed by atoms with Crippen LogP contribution in [0, 0.1) is 15.3 Å². The smallest absolute Gasteiger partial charge is 0.255 e. The largest absolute Gasteiger partial charge is 0.339 e. The number of carbonyl (C=O) groups excluding carboxylic acids is 1. The van der Waals surface area contributed by atoms with Gasteiger partial charge >= 0.3 is 0 Å². The zero-order chi connectivity index (χ0) is 15.5. The lowest BCUT2D eigenvalue weighted by molar-refractivity contribution is 0.0671. The first-order valence-corrected chi connectivity index (χ1v) is 9.18. The lowest BCUT2D eigenvalue weighted by Crippen LogP contribution is -2.41. The molecule has 1 amide bonds. The molecule has 120 valence electrons. The van der Waals surface area contributed by atoms with Crippen molar-refractivity contribution in [2.24, 2.45) is 5.92 Å². The Bertz CT molecular complexity index is 537. The zero-order valence-corrected chi connectivity index (χ0v) is 14.9. The summed E-state index contributed by atoms with van der Waals surface area (Å²) in [6.07, 6.45) is 4.78. The van der Waals surface area contributed by atoms with Gasteiger partial charge < -0.3 is 9.80 Å². The molecule has 3 nitrogen and oxygen atoms in total. The number of piperidine rings is 1. The predicted octanol–water partition coefficient (Wildman–Crippen LogP) is 3.38. The Balaban J connectivity index is 1.56. The van der Waals surface area contributed by atoms with Crippen LogP contribution in [0.2, 0.25) is 0 Å². The normalized spacial score (nSPS) is 20.5. The third-order valence-electron chi connectivity index (χ3n) is 4.78. The Hall–Kier alpha value is -0.690. The van der Waals surface area contributed by atoms with Crippen molar-refractivity contribution in [1.29, 1.82) is 0 Å². The van der Waals surface area contributed by atoms with E-state index in [1.165, 1.54) is 44.6 Å². The Morgan fingerprint density at radius 3 is 2.55 bits per heavy atom. The summed E-state index contributed by atoms with van der Waals surface area (Å²) in [5.74, 6) is 0.338. The first-order chi connectivity index (χ1) is 10.6. The Morgan fingerprint density at radius 1 is 1.18 bits per heavy atom. The van der Waals surface area contributed by atoms with Gasteiger partial charge in [-0.3, -0.25) is 4.79 Å². The molecule has 2 fully saturated rings. The quantitative estimate of drug-likeness (QED) is 0.706. The van der Waals surface area contributed by atoms with Crippen LogP contribution in [0.4, 0.5) is 4.39 Å². The van der Waals surface area contributed by atoms with Gasteiger partial charge in [0.25, 0.3) is 5.91 Å². The molecule has 3 rings (SSSR count). The summed E-state index contributed by atoms with van der Waals surface area (Å²) in [5, 5.41) is 0. The van der Waals surface area contributed by atoms with Crippen molar-refractivity contribution >= 4 is 28.5 Å². The van der Waals surface area contributed by atoms with Crippen LogP contribution < -0.4 is 0 Å². The van der Waals surface area contributed by atoms with Crippen molar-refractivity contribution in [2.45, 2.75) is 25.7 Å². The number of hydrogen-bond donors (Lipinski definition) is 0. The molecule has 0 aliphatic carbocycles. The molecule has 1 aromatic carbocycles. The summed E-state index contributed by atoms with van der Waals surface area (Å²) in [5.41, 5.74) is 0.499. The van der Waals surface area contributed by atoms with Gasteiger partial charge in [-0.25, -0.2) is 4.39 Å². The van der Waals surface area contributed by atoms with Crippen LogP contribution in [0.25, 0.3) is 0 Å². The van der Waals surface area contributed by atoms with Crippen LogP contribution in [0.1, 0.15) is 36.0 Å². The minimum Gasteiger partial charge on any atom is -0.339 e. The summed E-state index contributed by atoms with van der Waals surface area (Å²) in [4.78, 5) is 17.0. The SMILES string of the molecule is O=C(c1cc(F)ccc1I)N1CCC(CN2CCCC2)CC1. The van der Waals surface area contributed by atoms with E-state index in [-0.39, 0.29) is 11.7 Å². The van der Waals surface area contributed by atoms with E-state index in [0.717, 1.165) is 29.5 Å². The molecule has 0 unspecified atom stereocenters. The third kappa shape index (κ3) is 3.79. The molecule has 0 N–H and O–H groups in total. The molecule has 2 saturated heterocycles. The van der Waals surface area contributed by atoms with Gasteiger partial charge in [0.2, 0.25) is 0 Å². The highest BCUT2D eigenvalue weighted by atomic mass is 127. The summed E-state index contributed by atoms with van der Waals surface area (Å²) in [6, 6.07) is 4.44. The lowest BCUT2D eigenvalue weighted by atomic mass is 9.95. The topological polar surface area (TPSA) is 23.6 Å². The highest BCUT2D eigenvalue weighted by Crippen LogP contribution is 2.23. The minimum atomic E-state index is -0.340. The zero-order valence-electron chi connectivity index (χ0n) is 12.7. The van der Waals surface area contributed by atoms with Crippen LogP contribution >= 0.6 is 22.6 Å². The third-order valence-corrected chi connectivity index (χ3v) is 5.72. The van der Waals surface area contributed by atoms with E-state index in [0.29, 0.717) is 11.5 Å². The monoisotopic (exact) mass is 416 g/mol. The second kappa shape index (κ2) is 7.25. The van der Waals surface area contributed by atoms with Crippen LogP contribution in [-0.2, 0) is 0 Å². The lowest BCUT2D eigenvalue weighted by Gasteiger charge is -2.34. The molecule has 0 atom stereocenters. The second-order valence-corrected chi connectivity index (χ2v) is 7.53. The molecule has 1 aromatic rings.